The molecule has 0 aromatic carbocycles. The van der Waals surface area contributed by atoms with Gasteiger partial charge >= 0.3 is 5.97 Å². The first kappa shape index (κ1) is 15.0. The topological polar surface area (TPSA) is 66.4 Å². The zero-order chi connectivity index (χ0) is 13.7. The predicted octanol–water partition coefficient (Wildman–Crippen LogP) is 2.43. The second-order valence-electron chi connectivity index (χ2n) is 5.58. The first-order valence-corrected chi connectivity index (χ1v) is 6.98. The summed E-state index contributed by atoms with van der Waals surface area (Å²) in [6.45, 7) is 6.24. The summed E-state index contributed by atoms with van der Waals surface area (Å²) in [5.41, 5.74) is 0. The lowest BCUT2D eigenvalue weighted by Gasteiger charge is -2.28. The summed E-state index contributed by atoms with van der Waals surface area (Å²) in [5.74, 6) is -0.733. The van der Waals surface area contributed by atoms with E-state index in [9.17, 15) is 9.59 Å². The number of hydrogen-bond donors (Lipinski definition) is 2. The highest BCUT2D eigenvalue weighted by molar-refractivity contribution is 5.80. The molecule has 18 heavy (non-hydrogen) atoms. The fourth-order valence-electron chi connectivity index (χ4n) is 2.49. The molecule has 0 heterocycles. The number of rotatable bonds is 5. The summed E-state index contributed by atoms with van der Waals surface area (Å²) in [5, 5.41) is 12.0. The normalized spacial score (nSPS) is 27.3. The molecule has 0 aliphatic heterocycles. The van der Waals surface area contributed by atoms with Crippen LogP contribution in [0.3, 0.4) is 0 Å². The van der Waals surface area contributed by atoms with Crippen molar-refractivity contribution in [1.29, 1.82) is 0 Å². The van der Waals surface area contributed by atoms with Gasteiger partial charge in [0, 0.05) is 12.0 Å². The lowest BCUT2D eigenvalue weighted by Crippen LogP contribution is -2.42. The van der Waals surface area contributed by atoms with Crippen LogP contribution >= 0.6 is 0 Å². The van der Waals surface area contributed by atoms with Crippen molar-refractivity contribution >= 4 is 11.9 Å². The van der Waals surface area contributed by atoms with Crippen LogP contribution in [0.15, 0.2) is 0 Å². The van der Waals surface area contributed by atoms with Crippen molar-refractivity contribution in [3.63, 3.8) is 0 Å². The van der Waals surface area contributed by atoms with Gasteiger partial charge in [-0.15, -0.1) is 0 Å². The van der Waals surface area contributed by atoms with Crippen LogP contribution in [0.4, 0.5) is 0 Å². The van der Waals surface area contributed by atoms with Crippen molar-refractivity contribution in [2.24, 2.45) is 17.8 Å². The van der Waals surface area contributed by atoms with Gasteiger partial charge in [-0.3, -0.25) is 9.59 Å². The Balaban J connectivity index is 2.48. The molecular formula is C14H25NO3. The van der Waals surface area contributed by atoms with Crippen molar-refractivity contribution in [2.75, 3.05) is 0 Å². The van der Waals surface area contributed by atoms with Crippen LogP contribution in [-0.4, -0.2) is 23.0 Å². The summed E-state index contributed by atoms with van der Waals surface area (Å²) < 4.78 is 0. The van der Waals surface area contributed by atoms with Crippen molar-refractivity contribution in [2.45, 2.75) is 58.9 Å². The van der Waals surface area contributed by atoms with E-state index < -0.39 is 5.97 Å². The Labute approximate surface area is 109 Å². The fourth-order valence-corrected chi connectivity index (χ4v) is 2.49. The molecule has 0 aromatic heterocycles. The number of carbonyl (C=O) groups is 2. The molecule has 0 spiro atoms. The van der Waals surface area contributed by atoms with Crippen molar-refractivity contribution in [1.82, 2.24) is 5.32 Å². The fraction of sp³-hybridized carbons (Fsp3) is 0.857. The van der Waals surface area contributed by atoms with Crippen LogP contribution in [0.1, 0.15) is 52.9 Å². The molecule has 0 radical (unpaired) electrons. The molecule has 1 aliphatic rings. The van der Waals surface area contributed by atoms with E-state index in [1.807, 2.05) is 6.92 Å². The highest BCUT2D eigenvalue weighted by Crippen LogP contribution is 2.29. The average Bonchev–Trinajstić information content (AvgIpc) is 2.37. The number of carboxylic acids is 1. The maximum atomic E-state index is 12.1. The Bertz CT molecular complexity index is 303. The summed E-state index contributed by atoms with van der Waals surface area (Å²) in [7, 11) is 0. The molecule has 1 rings (SSSR count). The molecule has 1 amide bonds. The van der Waals surface area contributed by atoms with Crippen molar-refractivity contribution < 1.29 is 14.7 Å². The van der Waals surface area contributed by atoms with E-state index in [0.717, 1.165) is 19.3 Å². The molecule has 4 nitrogen and oxygen atoms in total. The van der Waals surface area contributed by atoms with E-state index in [4.69, 9.17) is 5.11 Å². The third-order valence-electron chi connectivity index (χ3n) is 4.26. The number of amides is 1. The first-order chi connectivity index (χ1) is 8.45. The van der Waals surface area contributed by atoms with Crippen LogP contribution in [-0.2, 0) is 9.59 Å². The number of hydrogen-bond acceptors (Lipinski definition) is 2. The van der Waals surface area contributed by atoms with Gasteiger partial charge in [0.05, 0.1) is 5.92 Å². The SMILES string of the molecule is CCC(C)C(C)NC(=O)C1CCCC(C(=O)O)C1. The summed E-state index contributed by atoms with van der Waals surface area (Å²) >= 11 is 0. The molecule has 104 valence electrons. The van der Waals surface area contributed by atoms with Crippen LogP contribution in [0.5, 0.6) is 0 Å². The molecule has 4 atom stereocenters. The number of nitrogens with one attached hydrogen (secondary N) is 1. The molecular weight excluding hydrogens is 230 g/mol. The summed E-state index contributed by atoms with van der Waals surface area (Å²) in [6, 6.07) is 0.160. The molecule has 0 aromatic rings. The monoisotopic (exact) mass is 255 g/mol. The smallest absolute Gasteiger partial charge is 0.306 e. The van der Waals surface area contributed by atoms with Gasteiger partial charge in [-0.1, -0.05) is 26.7 Å². The summed E-state index contributed by atoms with van der Waals surface area (Å²) in [4.78, 5) is 23.1. The maximum Gasteiger partial charge on any atom is 0.306 e. The van der Waals surface area contributed by atoms with E-state index >= 15 is 0 Å². The molecule has 4 unspecified atom stereocenters. The zero-order valence-corrected chi connectivity index (χ0v) is 11.6. The van der Waals surface area contributed by atoms with Gasteiger partial charge in [-0.05, 0) is 32.1 Å². The Morgan fingerprint density at radius 2 is 1.89 bits per heavy atom. The van der Waals surface area contributed by atoms with Crippen molar-refractivity contribution in [3.05, 3.63) is 0 Å². The average molecular weight is 255 g/mol. The Morgan fingerprint density at radius 3 is 2.44 bits per heavy atom. The van der Waals surface area contributed by atoms with E-state index in [-0.39, 0.29) is 23.8 Å². The second-order valence-corrected chi connectivity index (χ2v) is 5.58. The Hall–Kier alpha value is -1.06. The van der Waals surface area contributed by atoms with E-state index in [0.29, 0.717) is 18.8 Å². The van der Waals surface area contributed by atoms with Crippen LogP contribution in [0, 0.1) is 17.8 Å². The van der Waals surface area contributed by atoms with Gasteiger partial charge in [0.15, 0.2) is 0 Å². The van der Waals surface area contributed by atoms with Gasteiger partial charge in [0.1, 0.15) is 0 Å². The molecule has 4 heteroatoms. The lowest BCUT2D eigenvalue weighted by molar-refractivity contribution is -0.144. The predicted molar refractivity (Wildman–Crippen MR) is 70.1 cm³/mol. The minimum Gasteiger partial charge on any atom is -0.481 e. The maximum absolute atomic E-state index is 12.1. The quantitative estimate of drug-likeness (QED) is 0.793. The van der Waals surface area contributed by atoms with E-state index in [2.05, 4.69) is 19.2 Å². The van der Waals surface area contributed by atoms with Crippen LogP contribution in [0.2, 0.25) is 0 Å². The standard InChI is InChI=1S/C14H25NO3/c1-4-9(2)10(3)15-13(16)11-6-5-7-12(8-11)14(17)18/h9-12H,4-8H2,1-3H3,(H,15,16)(H,17,18). The first-order valence-electron chi connectivity index (χ1n) is 6.98. The highest BCUT2D eigenvalue weighted by atomic mass is 16.4. The lowest BCUT2D eigenvalue weighted by atomic mass is 9.81. The number of aliphatic carboxylic acids is 1. The molecule has 1 aliphatic carbocycles. The Kier molecular flexibility index (Phi) is 5.63. The van der Waals surface area contributed by atoms with Gasteiger partial charge in [-0.2, -0.15) is 0 Å². The molecule has 2 N–H and O–H groups in total. The number of carboxylic acid groups (broad SMARTS) is 1. The van der Waals surface area contributed by atoms with Gasteiger partial charge in [0.25, 0.3) is 0 Å². The van der Waals surface area contributed by atoms with Gasteiger partial charge in [-0.25, -0.2) is 0 Å². The second kappa shape index (κ2) is 6.76. The van der Waals surface area contributed by atoms with E-state index in [1.165, 1.54) is 0 Å². The van der Waals surface area contributed by atoms with Gasteiger partial charge in [0.2, 0.25) is 5.91 Å². The van der Waals surface area contributed by atoms with Crippen LogP contribution in [0.25, 0.3) is 0 Å². The number of carbonyl (C=O) groups excluding carboxylic acids is 1. The zero-order valence-electron chi connectivity index (χ0n) is 11.6. The minimum absolute atomic E-state index is 0.0359. The minimum atomic E-state index is -0.762. The van der Waals surface area contributed by atoms with Crippen molar-refractivity contribution in [3.8, 4) is 0 Å². The third-order valence-corrected chi connectivity index (χ3v) is 4.26. The molecule has 0 saturated heterocycles. The summed E-state index contributed by atoms with van der Waals surface area (Å²) in [6.07, 6.45) is 3.90. The molecule has 0 bridgehead atoms. The highest BCUT2D eigenvalue weighted by Gasteiger charge is 2.31. The Morgan fingerprint density at radius 1 is 1.28 bits per heavy atom. The molecule has 1 saturated carbocycles. The largest absolute Gasteiger partial charge is 0.481 e. The van der Waals surface area contributed by atoms with Gasteiger partial charge < -0.3 is 10.4 Å². The van der Waals surface area contributed by atoms with Crippen LogP contribution < -0.4 is 5.32 Å². The third kappa shape index (κ3) is 4.00. The van der Waals surface area contributed by atoms with E-state index in [1.54, 1.807) is 0 Å². The molecule has 1 fully saturated rings.